The van der Waals surface area contributed by atoms with Crippen LogP contribution in [-0.4, -0.2) is 29.0 Å². The van der Waals surface area contributed by atoms with Gasteiger partial charge in [0.05, 0.1) is 4.88 Å². The van der Waals surface area contributed by atoms with E-state index in [0.717, 1.165) is 6.42 Å². The molecule has 3 N–H and O–H groups in total. The van der Waals surface area contributed by atoms with Crippen LogP contribution in [0.1, 0.15) is 49.7 Å². The van der Waals surface area contributed by atoms with Crippen molar-refractivity contribution in [2.75, 3.05) is 0 Å². The van der Waals surface area contributed by atoms with Crippen molar-refractivity contribution in [2.24, 2.45) is 0 Å². The second-order valence-electron chi connectivity index (χ2n) is 6.45. The van der Waals surface area contributed by atoms with E-state index in [2.05, 4.69) is 16.2 Å². The molecule has 0 aliphatic heterocycles. The summed E-state index contributed by atoms with van der Waals surface area (Å²) in [7, 11) is 0. The molecule has 0 radical (unpaired) electrons. The van der Waals surface area contributed by atoms with Crippen LogP contribution in [0, 0.1) is 0 Å². The largest absolute Gasteiger partial charge is 0.444 e. The van der Waals surface area contributed by atoms with Crippen LogP contribution >= 0.6 is 11.3 Å². The maximum atomic E-state index is 12.3. The Morgan fingerprint density at radius 2 is 1.91 bits per heavy atom. The number of nitrogens with one attached hydrogen (secondary N) is 3. The minimum absolute atomic E-state index is 0.389. The fourth-order valence-electron chi connectivity index (χ4n) is 2.14. The lowest BCUT2D eigenvalue weighted by Gasteiger charge is -2.40. The number of ether oxygens (including phenoxy) is 1. The second kappa shape index (κ2) is 6.57. The maximum absolute atomic E-state index is 12.3. The van der Waals surface area contributed by atoms with Crippen molar-refractivity contribution in [1.82, 2.24) is 16.2 Å². The number of rotatable bonds is 3. The van der Waals surface area contributed by atoms with Crippen molar-refractivity contribution in [3.8, 4) is 0 Å². The number of hydrogen-bond acceptors (Lipinski definition) is 5. The summed E-state index contributed by atoms with van der Waals surface area (Å²) in [5, 5.41) is 4.39. The van der Waals surface area contributed by atoms with Gasteiger partial charge in [0.1, 0.15) is 11.1 Å². The molecule has 1 fully saturated rings. The van der Waals surface area contributed by atoms with Gasteiger partial charge in [-0.1, -0.05) is 6.07 Å². The van der Waals surface area contributed by atoms with Crippen molar-refractivity contribution in [2.45, 2.75) is 51.2 Å². The summed E-state index contributed by atoms with van der Waals surface area (Å²) in [5.74, 6) is -0.834. The molecule has 0 aromatic carbocycles. The van der Waals surface area contributed by atoms with Crippen LogP contribution < -0.4 is 16.2 Å². The minimum Gasteiger partial charge on any atom is -0.444 e. The Bertz CT molecular complexity index is 588. The van der Waals surface area contributed by atoms with Crippen LogP contribution in [0.3, 0.4) is 0 Å². The standard InChI is InChI=1S/C15H21N3O4S/c1-14(2,3)22-13(21)16-15(7-5-8-15)12(20)18-17-11(19)10-6-4-9-23-10/h4,6,9H,5,7-8H2,1-3H3,(H,16,21)(H,17,19)(H,18,20). The van der Waals surface area contributed by atoms with Gasteiger partial charge in [-0.3, -0.25) is 20.4 Å². The second-order valence-corrected chi connectivity index (χ2v) is 7.40. The number of hydrazine groups is 1. The Morgan fingerprint density at radius 3 is 2.39 bits per heavy atom. The minimum atomic E-state index is -1.02. The van der Waals surface area contributed by atoms with Crippen LogP contribution in [-0.2, 0) is 9.53 Å². The summed E-state index contributed by atoms with van der Waals surface area (Å²) < 4.78 is 5.19. The number of thiophene rings is 1. The van der Waals surface area contributed by atoms with Gasteiger partial charge in [0, 0.05) is 0 Å². The molecule has 1 aromatic rings. The van der Waals surface area contributed by atoms with Crippen LogP contribution in [0.5, 0.6) is 0 Å². The SMILES string of the molecule is CC(C)(C)OC(=O)NC1(C(=O)NNC(=O)c2cccs2)CCC1. The first-order valence-corrected chi connectivity index (χ1v) is 8.25. The molecule has 1 aliphatic carbocycles. The van der Waals surface area contributed by atoms with Crippen molar-refractivity contribution in [3.05, 3.63) is 22.4 Å². The molecule has 1 aliphatic rings. The van der Waals surface area contributed by atoms with Gasteiger partial charge in [0.15, 0.2) is 0 Å². The third-order valence-corrected chi connectivity index (χ3v) is 4.29. The Balaban J connectivity index is 1.90. The van der Waals surface area contributed by atoms with Crippen LogP contribution in [0.15, 0.2) is 17.5 Å². The van der Waals surface area contributed by atoms with E-state index >= 15 is 0 Å². The predicted octanol–water partition coefficient (Wildman–Crippen LogP) is 1.96. The molecule has 0 unspecified atom stereocenters. The smallest absolute Gasteiger partial charge is 0.408 e. The number of amides is 3. The molecule has 3 amide bonds. The fourth-order valence-corrected chi connectivity index (χ4v) is 2.76. The number of alkyl carbamates (subject to hydrolysis) is 1. The van der Waals surface area contributed by atoms with E-state index < -0.39 is 23.1 Å². The van der Waals surface area contributed by atoms with E-state index in [1.807, 2.05) is 0 Å². The normalized spacial score (nSPS) is 16.0. The maximum Gasteiger partial charge on any atom is 0.408 e. The van der Waals surface area contributed by atoms with Gasteiger partial charge in [-0.25, -0.2) is 4.79 Å². The Morgan fingerprint density at radius 1 is 1.22 bits per heavy atom. The molecule has 1 saturated carbocycles. The quantitative estimate of drug-likeness (QED) is 0.733. The molecular weight excluding hydrogens is 318 g/mol. The third kappa shape index (κ3) is 4.44. The summed E-state index contributed by atoms with van der Waals surface area (Å²) in [6.45, 7) is 5.25. The Hall–Kier alpha value is -2.09. The van der Waals surface area contributed by atoms with E-state index in [9.17, 15) is 14.4 Å². The third-order valence-electron chi connectivity index (χ3n) is 3.42. The van der Waals surface area contributed by atoms with Gasteiger partial charge in [0.2, 0.25) is 0 Å². The molecule has 126 valence electrons. The van der Waals surface area contributed by atoms with Gasteiger partial charge >= 0.3 is 6.09 Å². The zero-order chi connectivity index (χ0) is 17.1. The van der Waals surface area contributed by atoms with Crippen molar-refractivity contribution in [3.63, 3.8) is 0 Å². The molecule has 0 spiro atoms. The summed E-state index contributed by atoms with van der Waals surface area (Å²) in [4.78, 5) is 36.5. The van der Waals surface area contributed by atoms with Crippen molar-refractivity contribution < 1.29 is 19.1 Å². The van der Waals surface area contributed by atoms with Crippen molar-refractivity contribution in [1.29, 1.82) is 0 Å². The zero-order valence-corrected chi connectivity index (χ0v) is 14.2. The molecular formula is C15H21N3O4S. The number of hydrogen-bond donors (Lipinski definition) is 3. The molecule has 1 heterocycles. The highest BCUT2D eigenvalue weighted by Gasteiger charge is 2.46. The highest BCUT2D eigenvalue weighted by Crippen LogP contribution is 2.32. The first-order chi connectivity index (χ1) is 10.7. The number of carbonyl (C=O) groups is 3. The van der Waals surface area contributed by atoms with Crippen LogP contribution in [0.4, 0.5) is 4.79 Å². The number of carbonyl (C=O) groups excluding carboxylic acids is 3. The zero-order valence-electron chi connectivity index (χ0n) is 13.4. The highest BCUT2D eigenvalue weighted by molar-refractivity contribution is 7.12. The van der Waals surface area contributed by atoms with Crippen LogP contribution in [0.2, 0.25) is 0 Å². The van der Waals surface area contributed by atoms with E-state index in [0.29, 0.717) is 17.7 Å². The molecule has 2 rings (SSSR count). The summed E-state index contributed by atoms with van der Waals surface area (Å²) >= 11 is 1.27. The fraction of sp³-hybridized carbons (Fsp3) is 0.533. The molecule has 23 heavy (non-hydrogen) atoms. The van der Waals surface area contributed by atoms with Gasteiger partial charge < -0.3 is 10.1 Å². The first-order valence-electron chi connectivity index (χ1n) is 7.37. The van der Waals surface area contributed by atoms with Crippen molar-refractivity contribution >= 4 is 29.2 Å². The monoisotopic (exact) mass is 339 g/mol. The Labute approximate surface area is 138 Å². The molecule has 8 heteroatoms. The van der Waals surface area contributed by atoms with E-state index in [1.165, 1.54) is 11.3 Å². The van der Waals surface area contributed by atoms with E-state index in [4.69, 9.17) is 4.74 Å². The van der Waals surface area contributed by atoms with E-state index in [-0.39, 0.29) is 5.91 Å². The average molecular weight is 339 g/mol. The highest BCUT2D eigenvalue weighted by atomic mass is 32.1. The van der Waals surface area contributed by atoms with Gasteiger partial charge in [-0.15, -0.1) is 11.3 Å². The topological polar surface area (TPSA) is 96.5 Å². The summed E-state index contributed by atoms with van der Waals surface area (Å²) in [6, 6.07) is 3.41. The summed E-state index contributed by atoms with van der Waals surface area (Å²) in [6.07, 6.45) is 1.19. The molecule has 1 aromatic heterocycles. The van der Waals surface area contributed by atoms with Gasteiger partial charge in [-0.05, 0) is 51.5 Å². The average Bonchev–Trinajstić information content (AvgIpc) is 2.91. The van der Waals surface area contributed by atoms with Gasteiger partial charge in [0.25, 0.3) is 11.8 Å². The predicted molar refractivity (Wildman–Crippen MR) is 85.9 cm³/mol. The molecule has 0 bridgehead atoms. The molecule has 0 atom stereocenters. The molecule has 0 saturated heterocycles. The lowest BCUT2D eigenvalue weighted by Crippen LogP contribution is -2.65. The van der Waals surface area contributed by atoms with Gasteiger partial charge in [-0.2, -0.15) is 0 Å². The van der Waals surface area contributed by atoms with Crippen LogP contribution in [0.25, 0.3) is 0 Å². The lowest BCUT2D eigenvalue weighted by molar-refractivity contribution is -0.131. The Kier molecular flexibility index (Phi) is 4.93. The molecule has 7 nitrogen and oxygen atoms in total. The lowest BCUT2D eigenvalue weighted by atomic mass is 9.76. The summed E-state index contributed by atoms with van der Waals surface area (Å²) in [5.41, 5.74) is 3.08. The van der Waals surface area contributed by atoms with E-state index in [1.54, 1.807) is 38.3 Å². The first kappa shape index (κ1) is 17.3.